The molecule has 0 bridgehead atoms. The van der Waals surface area contributed by atoms with E-state index in [1.165, 1.54) is 0 Å². The second-order valence-corrected chi connectivity index (χ2v) is 6.69. The van der Waals surface area contributed by atoms with Crippen molar-refractivity contribution >= 4 is 41.3 Å². The van der Waals surface area contributed by atoms with Crippen molar-refractivity contribution in [3.05, 3.63) is 45.5 Å². The minimum atomic E-state index is -0.924. The van der Waals surface area contributed by atoms with E-state index < -0.39 is 5.60 Å². The maximum atomic E-state index is 10.6. The van der Waals surface area contributed by atoms with Crippen LogP contribution in [0.5, 0.6) is 0 Å². The quantitative estimate of drug-likeness (QED) is 0.348. The summed E-state index contributed by atoms with van der Waals surface area (Å²) in [7, 11) is 0. The van der Waals surface area contributed by atoms with Gasteiger partial charge in [0.05, 0.1) is 13.1 Å². The number of aliphatic hydroxyl groups is 1. The van der Waals surface area contributed by atoms with Crippen LogP contribution in [0.15, 0.2) is 33.0 Å². The molecule has 0 amide bonds. The van der Waals surface area contributed by atoms with Gasteiger partial charge in [0.2, 0.25) is 0 Å². The molecule has 0 spiro atoms. The van der Waals surface area contributed by atoms with Crippen LogP contribution in [0.25, 0.3) is 0 Å². The van der Waals surface area contributed by atoms with Crippen LogP contribution in [0, 0.1) is 13.8 Å². The van der Waals surface area contributed by atoms with E-state index in [0.717, 1.165) is 28.5 Å². The molecule has 5 nitrogen and oxygen atoms in total. The lowest BCUT2D eigenvalue weighted by Crippen LogP contribution is -2.44. The van der Waals surface area contributed by atoms with Crippen LogP contribution in [0.4, 0.5) is 0 Å². The Kier molecular flexibility index (Phi) is 8.24. The van der Waals surface area contributed by atoms with E-state index in [4.69, 9.17) is 4.42 Å². The highest BCUT2D eigenvalue weighted by molar-refractivity contribution is 14.0. The van der Waals surface area contributed by atoms with Crippen molar-refractivity contribution in [2.45, 2.75) is 39.8 Å². The number of thiophene rings is 1. The molecular formula is C17H26IN3O2S. The topological polar surface area (TPSA) is 69.8 Å². The molecule has 0 aromatic carbocycles. The van der Waals surface area contributed by atoms with Crippen molar-refractivity contribution in [3.63, 3.8) is 0 Å². The van der Waals surface area contributed by atoms with Gasteiger partial charge < -0.3 is 20.2 Å². The number of nitrogens with zero attached hydrogens (tertiary/aromatic N) is 1. The van der Waals surface area contributed by atoms with E-state index >= 15 is 0 Å². The molecule has 2 heterocycles. The molecule has 0 aliphatic heterocycles. The second-order valence-electron chi connectivity index (χ2n) is 5.74. The zero-order valence-electron chi connectivity index (χ0n) is 14.5. The zero-order valence-corrected chi connectivity index (χ0v) is 17.7. The van der Waals surface area contributed by atoms with E-state index in [0.29, 0.717) is 19.0 Å². The second kappa shape index (κ2) is 9.43. The third-order valence-corrected chi connectivity index (χ3v) is 4.67. The maximum Gasteiger partial charge on any atom is 0.191 e. The van der Waals surface area contributed by atoms with Crippen LogP contribution in [0.1, 0.15) is 35.8 Å². The van der Waals surface area contributed by atoms with Crippen LogP contribution in [0.2, 0.25) is 0 Å². The molecule has 7 heteroatoms. The number of aliphatic imine (C=N–C) groups is 1. The molecule has 0 aliphatic rings. The number of hydrogen-bond donors (Lipinski definition) is 3. The Balaban J connectivity index is 0.00000288. The van der Waals surface area contributed by atoms with Crippen LogP contribution in [-0.4, -0.2) is 24.2 Å². The van der Waals surface area contributed by atoms with Gasteiger partial charge in [0.15, 0.2) is 5.96 Å². The molecule has 2 aromatic heterocycles. The fourth-order valence-corrected chi connectivity index (χ4v) is 3.06. The van der Waals surface area contributed by atoms with Gasteiger partial charge in [0.1, 0.15) is 17.1 Å². The van der Waals surface area contributed by atoms with Gasteiger partial charge in [-0.2, -0.15) is 0 Å². The Morgan fingerprint density at radius 1 is 1.38 bits per heavy atom. The highest BCUT2D eigenvalue weighted by Gasteiger charge is 2.24. The van der Waals surface area contributed by atoms with Gasteiger partial charge in [-0.1, -0.05) is 6.07 Å². The summed E-state index contributed by atoms with van der Waals surface area (Å²) >= 11 is 1.55. The maximum absolute atomic E-state index is 10.6. The zero-order chi connectivity index (χ0) is 16.9. The first-order valence-electron chi connectivity index (χ1n) is 7.77. The number of hydrogen-bond acceptors (Lipinski definition) is 4. The summed E-state index contributed by atoms with van der Waals surface area (Å²) in [6.45, 7) is 9.39. The van der Waals surface area contributed by atoms with Gasteiger partial charge >= 0.3 is 0 Å². The number of halogens is 1. The largest absolute Gasteiger partial charge is 0.466 e. The van der Waals surface area contributed by atoms with Crippen molar-refractivity contribution in [3.8, 4) is 0 Å². The van der Waals surface area contributed by atoms with Crippen molar-refractivity contribution in [1.29, 1.82) is 0 Å². The predicted octanol–water partition coefficient (Wildman–Crippen LogP) is 3.54. The number of furan rings is 1. The minimum absolute atomic E-state index is 0. The molecule has 1 atom stereocenters. The summed E-state index contributed by atoms with van der Waals surface area (Å²) in [5.74, 6) is 2.47. The van der Waals surface area contributed by atoms with E-state index in [2.05, 4.69) is 15.6 Å². The lowest BCUT2D eigenvalue weighted by Gasteiger charge is -2.23. The van der Waals surface area contributed by atoms with Crippen LogP contribution >= 0.6 is 35.3 Å². The van der Waals surface area contributed by atoms with E-state index in [1.54, 1.807) is 18.3 Å². The van der Waals surface area contributed by atoms with Crippen LogP contribution < -0.4 is 10.6 Å². The molecule has 3 N–H and O–H groups in total. The fourth-order valence-electron chi connectivity index (χ4n) is 2.27. The Morgan fingerprint density at radius 2 is 2.12 bits per heavy atom. The normalized spacial score (nSPS) is 14.0. The van der Waals surface area contributed by atoms with Gasteiger partial charge in [0.25, 0.3) is 0 Å². The number of aryl methyl sites for hydroxylation is 2. The van der Waals surface area contributed by atoms with Crippen molar-refractivity contribution in [1.82, 2.24) is 10.6 Å². The average Bonchev–Trinajstić information content (AvgIpc) is 3.12. The smallest absolute Gasteiger partial charge is 0.191 e. The van der Waals surface area contributed by atoms with Crippen molar-refractivity contribution in [2.75, 3.05) is 13.1 Å². The van der Waals surface area contributed by atoms with Crippen molar-refractivity contribution in [2.24, 2.45) is 4.99 Å². The fraction of sp³-hybridized carbons (Fsp3) is 0.471. The third kappa shape index (κ3) is 5.78. The lowest BCUT2D eigenvalue weighted by atomic mass is 10.1. The molecule has 0 saturated heterocycles. The molecule has 24 heavy (non-hydrogen) atoms. The number of nitrogens with one attached hydrogen (secondary N) is 2. The first-order chi connectivity index (χ1) is 10.9. The van der Waals surface area contributed by atoms with Gasteiger partial charge in [-0.25, -0.2) is 4.99 Å². The summed E-state index contributed by atoms with van der Waals surface area (Å²) in [5, 5.41) is 18.9. The van der Waals surface area contributed by atoms with Gasteiger partial charge in [-0.05, 0) is 45.2 Å². The summed E-state index contributed by atoms with van der Waals surface area (Å²) in [5.41, 5.74) is 0.150. The SMILES string of the molecule is CCNC(=NCc1cc(C)oc1C)NCC(C)(O)c1cccs1.I. The van der Waals surface area contributed by atoms with E-state index in [-0.39, 0.29) is 24.0 Å². The Morgan fingerprint density at radius 3 is 2.67 bits per heavy atom. The highest BCUT2D eigenvalue weighted by Crippen LogP contribution is 2.24. The van der Waals surface area contributed by atoms with Gasteiger partial charge in [0, 0.05) is 17.0 Å². The molecular weight excluding hydrogens is 437 g/mol. The third-order valence-electron chi connectivity index (χ3n) is 3.55. The molecule has 2 aromatic rings. The average molecular weight is 463 g/mol. The molecule has 134 valence electrons. The number of guanidine groups is 1. The van der Waals surface area contributed by atoms with Crippen LogP contribution in [-0.2, 0) is 12.1 Å². The summed E-state index contributed by atoms with van der Waals surface area (Å²) in [6, 6.07) is 5.88. The Bertz CT molecular complexity index is 651. The minimum Gasteiger partial charge on any atom is -0.466 e. The molecule has 0 radical (unpaired) electrons. The van der Waals surface area contributed by atoms with Gasteiger partial charge in [-0.3, -0.25) is 0 Å². The molecule has 0 saturated carbocycles. The number of rotatable bonds is 6. The highest BCUT2D eigenvalue weighted by atomic mass is 127. The summed E-state index contributed by atoms with van der Waals surface area (Å²) < 4.78 is 5.52. The van der Waals surface area contributed by atoms with Crippen LogP contribution in [0.3, 0.4) is 0 Å². The Labute approximate surface area is 164 Å². The predicted molar refractivity (Wildman–Crippen MR) is 110 cm³/mol. The molecule has 0 aliphatic carbocycles. The monoisotopic (exact) mass is 463 g/mol. The Hall–Kier alpha value is -1.06. The van der Waals surface area contributed by atoms with E-state index in [9.17, 15) is 5.11 Å². The molecule has 2 rings (SSSR count). The standard InChI is InChI=1S/C17H25N3O2S.HI/c1-5-18-16(19-10-14-9-12(2)22-13(14)3)20-11-17(4,21)15-7-6-8-23-15;/h6-9,21H,5,10-11H2,1-4H3,(H2,18,19,20);1H. The molecule has 1 unspecified atom stereocenters. The van der Waals surface area contributed by atoms with Gasteiger partial charge in [-0.15, -0.1) is 35.3 Å². The van der Waals surface area contributed by atoms with Crippen molar-refractivity contribution < 1.29 is 9.52 Å². The first-order valence-corrected chi connectivity index (χ1v) is 8.65. The van der Waals surface area contributed by atoms with E-state index in [1.807, 2.05) is 44.4 Å². The summed E-state index contributed by atoms with van der Waals surface area (Å²) in [6.07, 6.45) is 0. The lowest BCUT2D eigenvalue weighted by molar-refractivity contribution is 0.0655. The molecule has 0 fully saturated rings. The summed E-state index contributed by atoms with van der Waals surface area (Å²) in [4.78, 5) is 5.50. The first kappa shape index (κ1) is 21.0.